The van der Waals surface area contributed by atoms with Gasteiger partial charge in [-0.2, -0.15) is 8.61 Å². The molecule has 2 aliphatic heterocycles. The number of carboxylic acids is 1. The lowest BCUT2D eigenvalue weighted by Crippen LogP contribution is -2.40. The Morgan fingerprint density at radius 3 is 2.00 bits per heavy atom. The summed E-state index contributed by atoms with van der Waals surface area (Å²) in [5.74, 6) is -1.17. The average molecular weight is 639 g/mol. The number of ether oxygens (including phenoxy) is 2. The number of para-hydroxylation sites is 1. The summed E-state index contributed by atoms with van der Waals surface area (Å²) in [4.78, 5) is 16.5. The zero-order chi connectivity index (χ0) is 30.9. The van der Waals surface area contributed by atoms with Crippen molar-refractivity contribution in [2.75, 3.05) is 57.9 Å². The molecule has 3 heterocycles. The van der Waals surface area contributed by atoms with Gasteiger partial charge < -0.3 is 19.9 Å². The van der Waals surface area contributed by atoms with E-state index in [9.17, 15) is 26.7 Å². The van der Waals surface area contributed by atoms with E-state index in [2.05, 4.69) is 10.3 Å². The number of hydrogen-bond acceptors (Lipinski definition) is 9. The maximum absolute atomic E-state index is 13.9. The van der Waals surface area contributed by atoms with E-state index < -0.39 is 26.0 Å². The molecule has 0 saturated carbocycles. The van der Waals surface area contributed by atoms with Gasteiger partial charge in [0.05, 0.1) is 53.8 Å². The van der Waals surface area contributed by atoms with Crippen molar-refractivity contribution in [3.63, 3.8) is 0 Å². The Morgan fingerprint density at radius 1 is 0.773 bits per heavy atom. The minimum Gasteiger partial charge on any atom is -0.478 e. The van der Waals surface area contributed by atoms with Crippen LogP contribution in [0.15, 0.2) is 82.7 Å². The molecule has 0 aliphatic carbocycles. The highest BCUT2D eigenvalue weighted by molar-refractivity contribution is 7.89. The minimum atomic E-state index is -4.05. The third-order valence-corrected chi connectivity index (χ3v) is 11.5. The van der Waals surface area contributed by atoms with Crippen molar-refractivity contribution in [2.45, 2.75) is 9.79 Å². The number of nitrogens with zero attached hydrogens (tertiary/aromatic N) is 3. The Labute approximate surface area is 254 Å². The lowest BCUT2D eigenvalue weighted by Gasteiger charge is -2.27. The van der Waals surface area contributed by atoms with Crippen LogP contribution in [0.4, 0.5) is 11.4 Å². The van der Waals surface area contributed by atoms with Gasteiger partial charge in [0.25, 0.3) is 0 Å². The smallest absolute Gasteiger partial charge is 0.337 e. The number of anilines is 2. The second kappa shape index (κ2) is 12.2. The molecule has 0 spiro atoms. The summed E-state index contributed by atoms with van der Waals surface area (Å²) >= 11 is 0. The molecule has 12 nitrogen and oxygen atoms in total. The monoisotopic (exact) mass is 638 g/mol. The molecule has 0 bridgehead atoms. The molecule has 14 heteroatoms. The molecule has 44 heavy (non-hydrogen) atoms. The molecule has 2 saturated heterocycles. The molecule has 2 fully saturated rings. The van der Waals surface area contributed by atoms with Crippen molar-refractivity contribution in [2.24, 2.45) is 0 Å². The number of carboxylic acid groups (broad SMARTS) is 1. The number of benzene rings is 3. The molecule has 6 rings (SSSR count). The first-order chi connectivity index (χ1) is 21.2. The summed E-state index contributed by atoms with van der Waals surface area (Å²) in [6, 6.07) is 18.0. The summed E-state index contributed by atoms with van der Waals surface area (Å²) in [7, 11) is -7.72. The van der Waals surface area contributed by atoms with Gasteiger partial charge in [0, 0.05) is 37.8 Å². The first-order valence-electron chi connectivity index (χ1n) is 13.9. The number of rotatable bonds is 8. The topological polar surface area (TPSA) is 155 Å². The number of morpholine rings is 2. The summed E-state index contributed by atoms with van der Waals surface area (Å²) < 4.78 is 67.3. The molecule has 3 aromatic carbocycles. The molecule has 0 amide bonds. The van der Waals surface area contributed by atoms with E-state index in [1.807, 2.05) is 6.07 Å². The zero-order valence-electron chi connectivity index (χ0n) is 23.5. The van der Waals surface area contributed by atoms with Crippen LogP contribution in [-0.2, 0) is 29.5 Å². The van der Waals surface area contributed by atoms with Crippen LogP contribution in [0.1, 0.15) is 10.4 Å². The van der Waals surface area contributed by atoms with E-state index >= 15 is 0 Å². The van der Waals surface area contributed by atoms with Gasteiger partial charge in [-0.25, -0.2) is 21.6 Å². The SMILES string of the molecule is O=C(O)c1ccccc1Nc1c(S(=O)(=O)N2CCOCC2)cnc2ccc(-c3ccc(S(=O)(=O)N4CCOCC4)cc3)cc12. The number of pyridine rings is 1. The molecule has 0 unspecified atom stereocenters. The molecule has 2 aliphatic rings. The number of sulfonamides is 2. The second-order valence-electron chi connectivity index (χ2n) is 10.3. The molecule has 0 radical (unpaired) electrons. The van der Waals surface area contributed by atoms with E-state index in [-0.39, 0.29) is 66.1 Å². The molecule has 0 atom stereocenters. The molecular formula is C30H30N4O8S2. The summed E-state index contributed by atoms with van der Waals surface area (Å²) in [6.45, 7) is 2.13. The van der Waals surface area contributed by atoms with Crippen molar-refractivity contribution >= 4 is 48.3 Å². The fourth-order valence-electron chi connectivity index (χ4n) is 5.27. The Bertz CT molecular complexity index is 1920. The second-order valence-corrected chi connectivity index (χ2v) is 14.1. The number of nitrogens with one attached hydrogen (secondary N) is 1. The van der Waals surface area contributed by atoms with Gasteiger partial charge in [0.15, 0.2) is 0 Å². The van der Waals surface area contributed by atoms with E-state index in [4.69, 9.17) is 9.47 Å². The van der Waals surface area contributed by atoms with Crippen LogP contribution in [-0.4, -0.2) is 94.1 Å². The zero-order valence-corrected chi connectivity index (χ0v) is 25.2. The van der Waals surface area contributed by atoms with Gasteiger partial charge in [-0.15, -0.1) is 0 Å². The van der Waals surface area contributed by atoms with Gasteiger partial charge in [0.1, 0.15) is 4.90 Å². The van der Waals surface area contributed by atoms with Crippen LogP contribution in [0.25, 0.3) is 22.0 Å². The highest BCUT2D eigenvalue weighted by Crippen LogP contribution is 2.37. The van der Waals surface area contributed by atoms with Crippen molar-refractivity contribution in [3.8, 4) is 11.1 Å². The molecule has 4 aromatic rings. The molecule has 1 aromatic heterocycles. The molecule has 2 N–H and O–H groups in total. The largest absolute Gasteiger partial charge is 0.478 e. The summed E-state index contributed by atoms with van der Waals surface area (Å²) in [5, 5.41) is 13.3. The lowest BCUT2D eigenvalue weighted by molar-refractivity contribution is 0.0698. The highest BCUT2D eigenvalue weighted by atomic mass is 32.2. The van der Waals surface area contributed by atoms with E-state index in [0.29, 0.717) is 35.2 Å². The number of aromatic nitrogens is 1. The van der Waals surface area contributed by atoms with Crippen LogP contribution in [0, 0.1) is 0 Å². The predicted molar refractivity (Wildman–Crippen MR) is 163 cm³/mol. The van der Waals surface area contributed by atoms with Crippen LogP contribution in [0.5, 0.6) is 0 Å². The fourth-order valence-corrected chi connectivity index (χ4v) is 8.19. The normalized spacial score (nSPS) is 17.0. The van der Waals surface area contributed by atoms with Gasteiger partial charge in [-0.3, -0.25) is 4.98 Å². The van der Waals surface area contributed by atoms with Crippen LogP contribution < -0.4 is 5.32 Å². The summed E-state index contributed by atoms with van der Waals surface area (Å²) in [5.41, 5.74) is 2.24. The maximum atomic E-state index is 13.9. The number of hydrogen-bond donors (Lipinski definition) is 2. The highest BCUT2D eigenvalue weighted by Gasteiger charge is 2.31. The van der Waals surface area contributed by atoms with E-state index in [1.165, 1.54) is 20.9 Å². The molecule has 230 valence electrons. The quantitative estimate of drug-likeness (QED) is 0.293. The Hall–Kier alpha value is -3.92. The Balaban J connectivity index is 1.45. The van der Waals surface area contributed by atoms with Crippen LogP contribution >= 0.6 is 0 Å². The first kappa shape index (κ1) is 30.1. The third-order valence-electron chi connectivity index (χ3n) is 7.63. The van der Waals surface area contributed by atoms with Crippen molar-refractivity contribution < 1.29 is 36.2 Å². The Kier molecular flexibility index (Phi) is 8.37. The van der Waals surface area contributed by atoms with E-state index in [1.54, 1.807) is 54.6 Å². The lowest BCUT2D eigenvalue weighted by atomic mass is 10.0. The maximum Gasteiger partial charge on any atom is 0.337 e. The van der Waals surface area contributed by atoms with Crippen LogP contribution in [0.3, 0.4) is 0 Å². The standard InChI is InChI=1S/C30H30N4O8S2/c35-30(36)24-3-1-2-4-27(24)32-29-25-19-22(21-5-8-23(9-6-21)43(37,38)33-11-15-41-16-12-33)7-10-26(25)31-20-28(29)44(39,40)34-13-17-42-18-14-34/h1-10,19-20H,11-18H2,(H,31,32)(H,35,36). The van der Waals surface area contributed by atoms with E-state index in [0.717, 1.165) is 0 Å². The van der Waals surface area contributed by atoms with Gasteiger partial charge >= 0.3 is 5.97 Å². The number of fused-ring (bicyclic) bond motifs is 1. The molecular weight excluding hydrogens is 608 g/mol. The first-order valence-corrected chi connectivity index (χ1v) is 16.8. The minimum absolute atomic E-state index is 0.0274. The number of aromatic carboxylic acids is 1. The summed E-state index contributed by atoms with van der Waals surface area (Å²) in [6.07, 6.45) is 1.28. The third kappa shape index (κ3) is 5.79. The average Bonchev–Trinajstić information content (AvgIpc) is 3.05. The van der Waals surface area contributed by atoms with Gasteiger partial charge in [0.2, 0.25) is 20.0 Å². The van der Waals surface area contributed by atoms with Crippen molar-refractivity contribution in [3.05, 3.63) is 78.5 Å². The Morgan fingerprint density at radius 2 is 1.36 bits per heavy atom. The predicted octanol–water partition coefficient (Wildman–Crippen LogP) is 3.39. The van der Waals surface area contributed by atoms with Gasteiger partial charge in [-0.05, 0) is 47.5 Å². The fraction of sp³-hybridized carbons (Fsp3) is 0.267. The van der Waals surface area contributed by atoms with Gasteiger partial charge in [-0.1, -0.05) is 30.3 Å². The van der Waals surface area contributed by atoms with Crippen LogP contribution in [0.2, 0.25) is 0 Å². The van der Waals surface area contributed by atoms with Crippen molar-refractivity contribution in [1.29, 1.82) is 0 Å². The number of carbonyl (C=O) groups is 1. The van der Waals surface area contributed by atoms with Crippen molar-refractivity contribution in [1.82, 2.24) is 13.6 Å².